The van der Waals surface area contributed by atoms with Gasteiger partial charge in [0.15, 0.2) is 0 Å². The summed E-state index contributed by atoms with van der Waals surface area (Å²) in [6.45, 7) is 1.62. The molecule has 0 bridgehead atoms. The summed E-state index contributed by atoms with van der Waals surface area (Å²) in [4.78, 5) is 30.9. The Bertz CT molecular complexity index is 635. The van der Waals surface area contributed by atoms with Gasteiger partial charge in [0, 0.05) is 13.1 Å². The molecule has 2 aromatic rings. The third kappa shape index (κ3) is 1.81. The van der Waals surface area contributed by atoms with Crippen LogP contribution in [0.1, 0.15) is 29.6 Å². The Balaban J connectivity index is 2.02. The minimum atomic E-state index is -0.274. The monoisotopic (exact) mass is 245 g/mol. The average molecular weight is 245 g/mol. The van der Waals surface area contributed by atoms with Crippen LogP contribution in [0.3, 0.4) is 0 Å². The highest BCUT2D eigenvalue weighted by atomic mass is 16.2. The first-order valence-corrected chi connectivity index (χ1v) is 6.26. The van der Waals surface area contributed by atoms with Crippen molar-refractivity contribution in [3.63, 3.8) is 0 Å². The van der Waals surface area contributed by atoms with Crippen LogP contribution in [0.5, 0.6) is 0 Å². The summed E-state index contributed by atoms with van der Waals surface area (Å²) in [7, 11) is 0. The number of likely N-dealkylation sites (tertiary alicyclic amines) is 1. The van der Waals surface area contributed by atoms with E-state index in [0.717, 1.165) is 25.9 Å². The topological polar surface area (TPSA) is 69.0 Å². The molecule has 0 radical (unpaired) electrons. The SMILES string of the molecule is O=C(c1cccc2[nH]c(=O)[nH]c12)N1CCCCC1. The lowest BCUT2D eigenvalue weighted by atomic mass is 10.1. The number of carbonyl (C=O) groups is 1. The molecule has 1 fully saturated rings. The lowest BCUT2D eigenvalue weighted by Crippen LogP contribution is -2.35. The first-order chi connectivity index (χ1) is 8.75. The van der Waals surface area contributed by atoms with Gasteiger partial charge in [-0.3, -0.25) is 4.79 Å². The molecular formula is C13H15N3O2. The van der Waals surface area contributed by atoms with E-state index >= 15 is 0 Å². The summed E-state index contributed by atoms with van der Waals surface area (Å²) in [6.07, 6.45) is 3.31. The molecule has 1 saturated heterocycles. The Kier molecular flexibility index (Phi) is 2.66. The van der Waals surface area contributed by atoms with E-state index in [1.165, 1.54) is 6.42 Å². The number of rotatable bonds is 1. The fourth-order valence-electron chi connectivity index (χ4n) is 2.50. The molecule has 0 atom stereocenters. The van der Waals surface area contributed by atoms with Crippen molar-refractivity contribution in [1.82, 2.24) is 14.9 Å². The second kappa shape index (κ2) is 4.33. The van der Waals surface area contributed by atoms with E-state index in [1.807, 2.05) is 4.90 Å². The van der Waals surface area contributed by atoms with Crippen molar-refractivity contribution in [2.45, 2.75) is 19.3 Å². The molecule has 5 nitrogen and oxygen atoms in total. The predicted molar refractivity (Wildman–Crippen MR) is 68.7 cm³/mol. The summed E-state index contributed by atoms with van der Waals surface area (Å²) in [6, 6.07) is 5.35. The molecule has 0 spiro atoms. The number of piperidine rings is 1. The Morgan fingerprint density at radius 1 is 1.11 bits per heavy atom. The number of H-pyrrole nitrogens is 2. The molecule has 1 aliphatic rings. The summed E-state index contributed by atoms with van der Waals surface area (Å²) in [5.74, 6) is 0.00977. The lowest BCUT2D eigenvalue weighted by Gasteiger charge is -2.26. The predicted octanol–water partition coefficient (Wildman–Crippen LogP) is 1.48. The minimum absolute atomic E-state index is 0.00977. The van der Waals surface area contributed by atoms with Gasteiger partial charge in [0.2, 0.25) is 0 Å². The molecule has 1 aliphatic heterocycles. The van der Waals surface area contributed by atoms with Gasteiger partial charge in [0.1, 0.15) is 0 Å². The van der Waals surface area contributed by atoms with Crippen molar-refractivity contribution in [3.05, 3.63) is 34.2 Å². The number of aromatic nitrogens is 2. The molecule has 5 heteroatoms. The van der Waals surface area contributed by atoms with Crippen LogP contribution < -0.4 is 5.69 Å². The third-order valence-corrected chi connectivity index (χ3v) is 3.42. The van der Waals surface area contributed by atoms with Crippen LogP contribution in [0, 0.1) is 0 Å². The Hall–Kier alpha value is -2.04. The molecule has 18 heavy (non-hydrogen) atoms. The Morgan fingerprint density at radius 3 is 2.67 bits per heavy atom. The molecule has 0 unspecified atom stereocenters. The fourth-order valence-corrected chi connectivity index (χ4v) is 2.50. The highest BCUT2D eigenvalue weighted by Gasteiger charge is 2.20. The number of carbonyl (C=O) groups excluding carboxylic acids is 1. The standard InChI is InChI=1S/C13H15N3O2/c17-12(16-7-2-1-3-8-16)9-5-4-6-10-11(9)15-13(18)14-10/h4-6H,1-3,7-8H2,(H2,14,15,18). The van der Waals surface area contributed by atoms with Gasteiger partial charge >= 0.3 is 5.69 Å². The molecule has 0 aliphatic carbocycles. The van der Waals surface area contributed by atoms with Crippen molar-refractivity contribution in [2.75, 3.05) is 13.1 Å². The van der Waals surface area contributed by atoms with Crippen LogP contribution in [0.2, 0.25) is 0 Å². The first-order valence-electron chi connectivity index (χ1n) is 6.26. The second-order valence-corrected chi connectivity index (χ2v) is 4.66. The summed E-state index contributed by atoms with van der Waals surface area (Å²) in [5.41, 5.74) is 1.59. The van der Waals surface area contributed by atoms with Gasteiger partial charge in [-0.1, -0.05) is 6.07 Å². The normalized spacial score (nSPS) is 16.1. The van der Waals surface area contributed by atoms with E-state index in [4.69, 9.17) is 0 Å². The molecule has 2 heterocycles. The van der Waals surface area contributed by atoms with Gasteiger partial charge in [-0.2, -0.15) is 0 Å². The highest BCUT2D eigenvalue weighted by Crippen LogP contribution is 2.18. The Morgan fingerprint density at radius 2 is 1.89 bits per heavy atom. The lowest BCUT2D eigenvalue weighted by molar-refractivity contribution is 0.0726. The fraction of sp³-hybridized carbons (Fsp3) is 0.385. The maximum absolute atomic E-state index is 12.4. The van der Waals surface area contributed by atoms with E-state index in [0.29, 0.717) is 16.6 Å². The van der Waals surface area contributed by atoms with E-state index in [1.54, 1.807) is 18.2 Å². The van der Waals surface area contributed by atoms with Gasteiger partial charge in [-0.15, -0.1) is 0 Å². The van der Waals surface area contributed by atoms with Crippen LogP contribution in [-0.4, -0.2) is 33.9 Å². The number of hydrogen-bond donors (Lipinski definition) is 2. The molecule has 0 saturated carbocycles. The molecule has 3 rings (SSSR count). The molecule has 1 amide bonds. The molecule has 94 valence electrons. The number of hydrogen-bond acceptors (Lipinski definition) is 2. The van der Waals surface area contributed by atoms with E-state index in [9.17, 15) is 9.59 Å². The van der Waals surface area contributed by atoms with Crippen molar-refractivity contribution < 1.29 is 4.79 Å². The Labute approximate surface area is 104 Å². The second-order valence-electron chi connectivity index (χ2n) is 4.66. The van der Waals surface area contributed by atoms with Crippen LogP contribution in [0.4, 0.5) is 0 Å². The summed E-state index contributed by atoms with van der Waals surface area (Å²) >= 11 is 0. The molecular weight excluding hydrogens is 230 g/mol. The largest absolute Gasteiger partial charge is 0.339 e. The van der Waals surface area contributed by atoms with Crippen molar-refractivity contribution in [3.8, 4) is 0 Å². The van der Waals surface area contributed by atoms with E-state index < -0.39 is 0 Å². The zero-order valence-electron chi connectivity index (χ0n) is 10.0. The van der Waals surface area contributed by atoms with Crippen LogP contribution in [0.15, 0.2) is 23.0 Å². The number of nitrogens with one attached hydrogen (secondary N) is 2. The van der Waals surface area contributed by atoms with Gasteiger partial charge in [0.05, 0.1) is 16.6 Å². The van der Waals surface area contributed by atoms with Gasteiger partial charge in [-0.25, -0.2) is 4.79 Å². The number of imidazole rings is 1. The maximum atomic E-state index is 12.4. The number of aromatic amines is 2. The first kappa shape index (κ1) is 11.1. The van der Waals surface area contributed by atoms with Crippen LogP contribution >= 0.6 is 0 Å². The number of amides is 1. The van der Waals surface area contributed by atoms with Crippen molar-refractivity contribution in [2.24, 2.45) is 0 Å². The maximum Gasteiger partial charge on any atom is 0.323 e. The van der Waals surface area contributed by atoms with Crippen molar-refractivity contribution >= 4 is 16.9 Å². The number of nitrogens with zero attached hydrogens (tertiary/aromatic N) is 1. The number of para-hydroxylation sites is 1. The zero-order valence-corrected chi connectivity index (χ0v) is 10.0. The molecule has 2 N–H and O–H groups in total. The van der Waals surface area contributed by atoms with Crippen LogP contribution in [0.25, 0.3) is 11.0 Å². The highest BCUT2D eigenvalue weighted by molar-refractivity contribution is 6.04. The van der Waals surface area contributed by atoms with Gasteiger partial charge < -0.3 is 14.9 Å². The molecule has 1 aromatic carbocycles. The van der Waals surface area contributed by atoms with Gasteiger partial charge in [-0.05, 0) is 31.4 Å². The summed E-state index contributed by atoms with van der Waals surface area (Å²) < 4.78 is 0. The third-order valence-electron chi connectivity index (χ3n) is 3.42. The number of benzene rings is 1. The summed E-state index contributed by atoms with van der Waals surface area (Å²) in [5, 5.41) is 0. The van der Waals surface area contributed by atoms with Crippen LogP contribution in [-0.2, 0) is 0 Å². The number of fused-ring (bicyclic) bond motifs is 1. The molecule has 1 aromatic heterocycles. The zero-order chi connectivity index (χ0) is 12.5. The van der Waals surface area contributed by atoms with E-state index in [-0.39, 0.29) is 11.6 Å². The smallest absolute Gasteiger partial charge is 0.323 e. The average Bonchev–Trinajstić information content (AvgIpc) is 2.79. The van der Waals surface area contributed by atoms with E-state index in [2.05, 4.69) is 9.97 Å². The van der Waals surface area contributed by atoms with Crippen molar-refractivity contribution in [1.29, 1.82) is 0 Å². The van der Waals surface area contributed by atoms with Gasteiger partial charge in [0.25, 0.3) is 5.91 Å². The minimum Gasteiger partial charge on any atom is -0.339 e. The quantitative estimate of drug-likeness (QED) is 0.799.